The fraction of sp³-hybridized carbons (Fsp3) is 0.100. The minimum absolute atomic E-state index is 0.259. The van der Waals surface area contributed by atoms with Gasteiger partial charge >= 0.3 is 11.7 Å². The average molecular weight is 379 g/mol. The lowest BCUT2D eigenvalue weighted by molar-refractivity contribution is 0.0474. The monoisotopic (exact) mass is 379 g/mol. The summed E-state index contributed by atoms with van der Waals surface area (Å²) in [5, 5.41) is 0. The second-order valence-electron chi connectivity index (χ2n) is 6.02. The molecule has 0 saturated heterocycles. The Morgan fingerprint density at radius 1 is 1.00 bits per heavy atom. The van der Waals surface area contributed by atoms with E-state index in [9.17, 15) is 19.2 Å². The molecule has 0 aliphatic rings. The van der Waals surface area contributed by atoms with Gasteiger partial charge in [-0.05, 0) is 23.3 Å². The number of benzene rings is 2. The van der Waals surface area contributed by atoms with Crippen molar-refractivity contribution in [2.24, 2.45) is 7.05 Å². The van der Waals surface area contributed by atoms with Crippen LogP contribution in [0.2, 0.25) is 0 Å². The number of aromatic nitrogens is 2. The van der Waals surface area contributed by atoms with Gasteiger partial charge in [-0.15, -0.1) is 0 Å². The molecule has 0 radical (unpaired) electrons. The van der Waals surface area contributed by atoms with Gasteiger partial charge in [0.15, 0.2) is 6.61 Å². The van der Waals surface area contributed by atoms with Crippen LogP contribution >= 0.6 is 0 Å². The molecule has 0 aliphatic carbocycles. The summed E-state index contributed by atoms with van der Waals surface area (Å²) in [6, 6.07) is 16.3. The summed E-state index contributed by atoms with van der Waals surface area (Å²) in [6.07, 6.45) is 0. The van der Waals surface area contributed by atoms with Crippen LogP contribution in [0.5, 0.6) is 0 Å². The van der Waals surface area contributed by atoms with Crippen molar-refractivity contribution in [1.82, 2.24) is 9.55 Å². The molecular weight excluding hydrogens is 362 g/mol. The Bertz CT molecular complexity index is 1150. The third kappa shape index (κ3) is 3.75. The maximum Gasteiger partial charge on any atom is 0.338 e. The van der Waals surface area contributed by atoms with Crippen molar-refractivity contribution in [2.75, 3.05) is 12.3 Å². The molecule has 0 bridgehead atoms. The number of nitrogens with zero attached hydrogens (tertiary/aromatic N) is 1. The summed E-state index contributed by atoms with van der Waals surface area (Å²) in [5.74, 6) is -1.81. The van der Waals surface area contributed by atoms with Crippen LogP contribution in [0.1, 0.15) is 20.7 Å². The van der Waals surface area contributed by atoms with Crippen LogP contribution < -0.4 is 17.0 Å². The first-order valence-corrected chi connectivity index (χ1v) is 8.33. The first-order chi connectivity index (χ1) is 13.4. The van der Waals surface area contributed by atoms with Gasteiger partial charge in [-0.25, -0.2) is 9.59 Å². The van der Waals surface area contributed by atoms with E-state index in [4.69, 9.17) is 10.5 Å². The quantitative estimate of drug-likeness (QED) is 0.509. The van der Waals surface area contributed by atoms with Gasteiger partial charge in [0.1, 0.15) is 11.4 Å². The number of nitrogens with two attached hydrogens (primary N) is 1. The molecule has 0 atom stereocenters. The maximum absolute atomic E-state index is 12.2. The van der Waals surface area contributed by atoms with Gasteiger partial charge in [-0.2, -0.15) is 0 Å². The Hall–Kier alpha value is -3.94. The first-order valence-electron chi connectivity index (χ1n) is 8.33. The molecule has 0 amide bonds. The van der Waals surface area contributed by atoms with E-state index in [1.807, 2.05) is 35.3 Å². The molecule has 3 aromatic rings. The zero-order valence-corrected chi connectivity index (χ0v) is 15.0. The van der Waals surface area contributed by atoms with Crippen molar-refractivity contribution >= 4 is 17.6 Å². The Morgan fingerprint density at radius 2 is 1.61 bits per heavy atom. The molecule has 142 valence electrons. The van der Waals surface area contributed by atoms with E-state index in [1.165, 1.54) is 7.05 Å². The molecule has 0 fully saturated rings. The van der Waals surface area contributed by atoms with E-state index in [0.29, 0.717) is 0 Å². The minimum atomic E-state index is -0.922. The highest BCUT2D eigenvalue weighted by Crippen LogP contribution is 2.19. The number of rotatable bonds is 5. The lowest BCUT2D eigenvalue weighted by Gasteiger charge is -2.08. The number of ether oxygens (including phenoxy) is 1. The highest BCUT2D eigenvalue weighted by Gasteiger charge is 2.20. The largest absolute Gasteiger partial charge is 0.454 e. The molecule has 3 rings (SSSR count). The van der Waals surface area contributed by atoms with Crippen LogP contribution in [0.3, 0.4) is 0 Å². The molecule has 0 aliphatic heterocycles. The Labute approximate surface area is 159 Å². The van der Waals surface area contributed by atoms with Gasteiger partial charge in [0.2, 0.25) is 5.78 Å². The lowest BCUT2D eigenvalue weighted by atomic mass is 10.0. The van der Waals surface area contributed by atoms with Gasteiger partial charge in [0, 0.05) is 7.05 Å². The number of aromatic amines is 1. The lowest BCUT2D eigenvalue weighted by Crippen LogP contribution is -2.35. The Kier molecular flexibility index (Phi) is 5.21. The third-order valence-corrected chi connectivity index (χ3v) is 4.21. The van der Waals surface area contributed by atoms with Crippen LogP contribution in [0.15, 0.2) is 64.2 Å². The number of hydrogen-bond donors (Lipinski definition) is 2. The normalized spacial score (nSPS) is 10.5. The van der Waals surface area contributed by atoms with E-state index >= 15 is 0 Å². The average Bonchev–Trinajstić information content (AvgIpc) is 2.71. The Morgan fingerprint density at radius 3 is 2.25 bits per heavy atom. The number of H-pyrrole nitrogens is 1. The summed E-state index contributed by atoms with van der Waals surface area (Å²) in [4.78, 5) is 49.7. The summed E-state index contributed by atoms with van der Waals surface area (Å²) >= 11 is 0. The molecule has 0 unspecified atom stereocenters. The van der Waals surface area contributed by atoms with E-state index in [0.717, 1.165) is 15.7 Å². The molecule has 0 saturated carbocycles. The number of carbonyl (C=O) groups excluding carboxylic acids is 2. The third-order valence-electron chi connectivity index (χ3n) is 4.21. The molecule has 2 aromatic carbocycles. The molecule has 3 N–H and O–H groups in total. The van der Waals surface area contributed by atoms with E-state index in [1.54, 1.807) is 24.3 Å². The van der Waals surface area contributed by atoms with Crippen molar-refractivity contribution < 1.29 is 14.3 Å². The number of hydrogen-bond acceptors (Lipinski definition) is 6. The van der Waals surface area contributed by atoms with Crippen molar-refractivity contribution in [3.63, 3.8) is 0 Å². The van der Waals surface area contributed by atoms with E-state index in [-0.39, 0.29) is 11.4 Å². The first kappa shape index (κ1) is 18.8. The van der Waals surface area contributed by atoms with Gasteiger partial charge in [0.25, 0.3) is 5.56 Å². The molecule has 0 spiro atoms. The van der Waals surface area contributed by atoms with Crippen LogP contribution in [0.4, 0.5) is 5.82 Å². The molecule has 8 nitrogen and oxygen atoms in total. The number of nitrogen functional groups attached to an aromatic ring is 1. The second kappa shape index (κ2) is 7.75. The number of anilines is 1. The number of ketones is 1. The molecule has 1 heterocycles. The second-order valence-corrected chi connectivity index (χ2v) is 6.02. The highest BCUT2D eigenvalue weighted by atomic mass is 16.5. The van der Waals surface area contributed by atoms with Crippen molar-refractivity contribution in [3.8, 4) is 11.1 Å². The van der Waals surface area contributed by atoms with Gasteiger partial charge < -0.3 is 10.5 Å². The standard InChI is InChI=1S/C20H17N3O5/c1-23-17(21)16(18(25)22-20(23)27)15(24)11-28-19(26)14-9-7-13(8-10-14)12-5-3-2-4-6-12/h2-10H,11,21H2,1H3,(H,22,25,27). The molecular formula is C20H17N3O5. The number of carbonyl (C=O) groups is 2. The molecule has 1 aromatic heterocycles. The highest BCUT2D eigenvalue weighted by molar-refractivity contribution is 6.02. The fourth-order valence-corrected chi connectivity index (χ4v) is 2.62. The SMILES string of the molecule is Cn1c(N)c(C(=O)COC(=O)c2ccc(-c3ccccc3)cc2)c(=O)[nH]c1=O. The minimum Gasteiger partial charge on any atom is -0.454 e. The van der Waals surface area contributed by atoms with Gasteiger partial charge in [-0.3, -0.25) is 19.1 Å². The summed E-state index contributed by atoms with van der Waals surface area (Å²) in [7, 11) is 1.31. The topological polar surface area (TPSA) is 124 Å². The van der Waals surface area contributed by atoms with E-state index in [2.05, 4.69) is 0 Å². The Balaban J connectivity index is 1.71. The van der Waals surface area contributed by atoms with Crippen molar-refractivity contribution in [2.45, 2.75) is 0 Å². The molecule has 8 heteroatoms. The smallest absolute Gasteiger partial charge is 0.338 e. The summed E-state index contributed by atoms with van der Waals surface area (Å²) in [5.41, 5.74) is 5.76. The van der Waals surface area contributed by atoms with Gasteiger partial charge in [0.05, 0.1) is 5.56 Å². The zero-order valence-electron chi connectivity index (χ0n) is 15.0. The number of Topliss-reactive ketones (excluding diaryl/α,β-unsaturated/α-hetero) is 1. The number of esters is 1. The van der Waals surface area contributed by atoms with E-state index < -0.39 is 35.2 Å². The predicted molar refractivity (Wildman–Crippen MR) is 103 cm³/mol. The maximum atomic E-state index is 12.2. The van der Waals surface area contributed by atoms with Crippen molar-refractivity contribution in [3.05, 3.63) is 86.6 Å². The predicted octanol–water partition coefficient (Wildman–Crippen LogP) is 1.36. The van der Waals surface area contributed by atoms with Crippen LogP contribution in [0, 0.1) is 0 Å². The number of nitrogens with one attached hydrogen (secondary N) is 1. The van der Waals surface area contributed by atoms with Crippen LogP contribution in [0.25, 0.3) is 11.1 Å². The van der Waals surface area contributed by atoms with Crippen molar-refractivity contribution in [1.29, 1.82) is 0 Å². The van der Waals surface area contributed by atoms with Crippen LogP contribution in [-0.2, 0) is 11.8 Å². The molecule has 28 heavy (non-hydrogen) atoms. The zero-order chi connectivity index (χ0) is 20.3. The fourth-order valence-electron chi connectivity index (χ4n) is 2.62. The van der Waals surface area contributed by atoms with Gasteiger partial charge in [-0.1, -0.05) is 42.5 Å². The summed E-state index contributed by atoms with van der Waals surface area (Å²) < 4.78 is 5.92. The van der Waals surface area contributed by atoms with Crippen LogP contribution in [-0.4, -0.2) is 27.9 Å². The summed E-state index contributed by atoms with van der Waals surface area (Å²) in [6.45, 7) is -0.676.